The molecule has 3 aromatic carbocycles. The molecule has 1 heterocycles. The lowest BCUT2D eigenvalue weighted by molar-refractivity contribution is 1.05. The molecule has 0 spiro atoms. The SMILES string of the molecule is Clc1ccc(CSCc2cc(NCc3ccccc3)nc(-c3ccccc3)n2)cc1. The van der Waals surface area contributed by atoms with Crippen molar-refractivity contribution in [3.63, 3.8) is 0 Å². The minimum atomic E-state index is 0.726. The summed E-state index contributed by atoms with van der Waals surface area (Å²) in [4.78, 5) is 9.56. The van der Waals surface area contributed by atoms with E-state index in [4.69, 9.17) is 21.6 Å². The van der Waals surface area contributed by atoms with Crippen LogP contribution in [-0.2, 0) is 18.1 Å². The summed E-state index contributed by atoms with van der Waals surface area (Å²) in [7, 11) is 0. The van der Waals surface area contributed by atoms with Crippen molar-refractivity contribution in [3.8, 4) is 11.4 Å². The van der Waals surface area contributed by atoms with Crippen LogP contribution in [0.5, 0.6) is 0 Å². The lowest BCUT2D eigenvalue weighted by Crippen LogP contribution is -2.05. The first-order valence-electron chi connectivity index (χ1n) is 9.80. The normalized spacial score (nSPS) is 10.7. The quantitative estimate of drug-likeness (QED) is 0.331. The maximum Gasteiger partial charge on any atom is 0.161 e. The average molecular weight is 432 g/mol. The van der Waals surface area contributed by atoms with Crippen LogP contribution in [0.1, 0.15) is 16.8 Å². The van der Waals surface area contributed by atoms with E-state index in [1.54, 1.807) is 0 Å². The van der Waals surface area contributed by atoms with E-state index in [9.17, 15) is 0 Å². The third-order valence-electron chi connectivity index (χ3n) is 4.56. The maximum atomic E-state index is 5.98. The molecule has 0 atom stereocenters. The number of thioether (sulfide) groups is 1. The van der Waals surface area contributed by atoms with Crippen LogP contribution < -0.4 is 5.32 Å². The van der Waals surface area contributed by atoms with Crippen LogP contribution >= 0.6 is 23.4 Å². The number of hydrogen-bond donors (Lipinski definition) is 1. The number of aromatic nitrogens is 2. The van der Waals surface area contributed by atoms with E-state index in [0.29, 0.717) is 0 Å². The standard InChI is InChI=1S/C25H22ClN3S/c26-22-13-11-20(12-14-22)17-30-18-23-15-24(27-16-19-7-3-1-4-8-19)29-25(28-23)21-9-5-2-6-10-21/h1-15H,16-18H2,(H,27,28,29). The second kappa shape index (κ2) is 10.3. The third kappa shape index (κ3) is 5.85. The monoisotopic (exact) mass is 431 g/mol. The van der Waals surface area contributed by atoms with Gasteiger partial charge in [-0.3, -0.25) is 0 Å². The second-order valence-corrected chi connectivity index (χ2v) is 8.31. The van der Waals surface area contributed by atoms with Crippen LogP contribution in [0.15, 0.2) is 91.0 Å². The Morgan fingerprint density at radius 2 is 1.43 bits per heavy atom. The highest BCUT2D eigenvalue weighted by atomic mass is 35.5. The summed E-state index contributed by atoms with van der Waals surface area (Å²) in [6, 6.07) is 30.5. The molecule has 4 rings (SSSR count). The van der Waals surface area contributed by atoms with E-state index in [-0.39, 0.29) is 0 Å². The molecular formula is C25H22ClN3S. The van der Waals surface area contributed by atoms with E-state index >= 15 is 0 Å². The highest BCUT2D eigenvalue weighted by molar-refractivity contribution is 7.97. The Labute approximate surface area is 186 Å². The predicted molar refractivity (Wildman–Crippen MR) is 128 cm³/mol. The maximum absolute atomic E-state index is 5.98. The number of nitrogens with one attached hydrogen (secondary N) is 1. The van der Waals surface area contributed by atoms with Crippen LogP contribution in [-0.4, -0.2) is 9.97 Å². The van der Waals surface area contributed by atoms with Crippen LogP contribution in [0, 0.1) is 0 Å². The molecule has 0 amide bonds. The van der Waals surface area contributed by atoms with E-state index < -0.39 is 0 Å². The number of anilines is 1. The van der Waals surface area contributed by atoms with Crippen molar-refractivity contribution >= 4 is 29.2 Å². The van der Waals surface area contributed by atoms with Crippen LogP contribution in [0.3, 0.4) is 0 Å². The molecule has 0 aliphatic carbocycles. The molecule has 0 fully saturated rings. The van der Waals surface area contributed by atoms with Gasteiger partial charge in [0.05, 0.1) is 5.69 Å². The summed E-state index contributed by atoms with van der Waals surface area (Å²) < 4.78 is 0. The molecule has 0 saturated heterocycles. The Hall–Kier alpha value is -2.82. The third-order valence-corrected chi connectivity index (χ3v) is 5.85. The first-order valence-corrected chi connectivity index (χ1v) is 11.3. The molecule has 0 aliphatic rings. The Balaban J connectivity index is 1.50. The van der Waals surface area contributed by atoms with Gasteiger partial charge in [-0.1, -0.05) is 84.4 Å². The van der Waals surface area contributed by atoms with Crippen molar-refractivity contribution < 1.29 is 0 Å². The fraction of sp³-hybridized carbons (Fsp3) is 0.120. The Kier molecular flexibility index (Phi) is 7.01. The number of benzene rings is 3. The number of hydrogen-bond acceptors (Lipinski definition) is 4. The molecule has 5 heteroatoms. The Morgan fingerprint density at radius 3 is 2.17 bits per heavy atom. The molecule has 0 unspecified atom stereocenters. The van der Waals surface area contributed by atoms with Gasteiger partial charge in [-0.25, -0.2) is 9.97 Å². The Bertz CT molecular complexity index is 1070. The summed E-state index contributed by atoms with van der Waals surface area (Å²) in [6.07, 6.45) is 0. The van der Waals surface area contributed by atoms with Gasteiger partial charge in [0.2, 0.25) is 0 Å². The van der Waals surface area contributed by atoms with Gasteiger partial charge >= 0.3 is 0 Å². The van der Waals surface area contributed by atoms with Gasteiger partial charge in [-0.2, -0.15) is 11.8 Å². The summed E-state index contributed by atoms with van der Waals surface area (Å²) in [5, 5.41) is 4.22. The van der Waals surface area contributed by atoms with Crippen LogP contribution in [0.2, 0.25) is 5.02 Å². The van der Waals surface area contributed by atoms with E-state index in [1.165, 1.54) is 11.1 Å². The zero-order valence-corrected chi connectivity index (χ0v) is 18.0. The van der Waals surface area contributed by atoms with Gasteiger partial charge in [-0.05, 0) is 23.3 Å². The van der Waals surface area contributed by atoms with Crippen molar-refractivity contribution in [1.29, 1.82) is 0 Å². The number of rotatable bonds is 8. The minimum absolute atomic E-state index is 0.726. The fourth-order valence-electron chi connectivity index (χ4n) is 3.02. The molecule has 4 aromatic rings. The van der Waals surface area contributed by atoms with Crippen molar-refractivity contribution in [1.82, 2.24) is 9.97 Å². The molecule has 0 saturated carbocycles. The van der Waals surface area contributed by atoms with Gasteiger partial charge < -0.3 is 5.32 Å². The van der Waals surface area contributed by atoms with Crippen LogP contribution in [0.4, 0.5) is 5.82 Å². The topological polar surface area (TPSA) is 37.8 Å². The highest BCUT2D eigenvalue weighted by Gasteiger charge is 2.08. The molecule has 0 bridgehead atoms. The minimum Gasteiger partial charge on any atom is -0.366 e. The Morgan fingerprint density at radius 1 is 0.733 bits per heavy atom. The zero-order chi connectivity index (χ0) is 20.6. The molecule has 0 aliphatic heterocycles. The van der Waals surface area contributed by atoms with Gasteiger partial charge in [0.1, 0.15) is 5.82 Å². The molecule has 1 N–H and O–H groups in total. The number of halogens is 1. The van der Waals surface area contributed by atoms with E-state index in [1.807, 2.05) is 78.5 Å². The zero-order valence-electron chi connectivity index (χ0n) is 16.5. The van der Waals surface area contributed by atoms with Crippen molar-refractivity contribution in [2.45, 2.75) is 18.1 Å². The van der Waals surface area contributed by atoms with Crippen molar-refractivity contribution in [2.24, 2.45) is 0 Å². The molecule has 150 valence electrons. The van der Waals surface area contributed by atoms with Gasteiger partial charge in [0, 0.05) is 34.7 Å². The predicted octanol–water partition coefficient (Wildman–Crippen LogP) is 6.84. The molecule has 1 aromatic heterocycles. The fourth-order valence-corrected chi connectivity index (χ4v) is 4.03. The number of nitrogens with zero attached hydrogens (tertiary/aromatic N) is 2. The highest BCUT2D eigenvalue weighted by Crippen LogP contribution is 2.23. The molecular weight excluding hydrogens is 410 g/mol. The molecule has 0 radical (unpaired) electrons. The lowest BCUT2D eigenvalue weighted by atomic mass is 10.2. The van der Waals surface area contributed by atoms with Gasteiger partial charge in [0.15, 0.2) is 5.82 Å². The van der Waals surface area contributed by atoms with E-state index in [0.717, 1.165) is 46.0 Å². The molecule has 3 nitrogen and oxygen atoms in total. The lowest BCUT2D eigenvalue weighted by Gasteiger charge is -2.11. The van der Waals surface area contributed by atoms with Crippen molar-refractivity contribution in [3.05, 3.63) is 113 Å². The van der Waals surface area contributed by atoms with Crippen LogP contribution in [0.25, 0.3) is 11.4 Å². The molecule has 30 heavy (non-hydrogen) atoms. The van der Waals surface area contributed by atoms with Crippen molar-refractivity contribution in [2.75, 3.05) is 5.32 Å². The second-order valence-electron chi connectivity index (χ2n) is 6.89. The smallest absolute Gasteiger partial charge is 0.161 e. The van der Waals surface area contributed by atoms with E-state index in [2.05, 4.69) is 29.6 Å². The first-order chi connectivity index (χ1) is 14.8. The summed E-state index contributed by atoms with van der Waals surface area (Å²) in [5.74, 6) is 3.31. The largest absolute Gasteiger partial charge is 0.366 e. The first kappa shape index (κ1) is 20.5. The summed E-state index contributed by atoms with van der Waals surface area (Å²) in [6.45, 7) is 0.726. The van der Waals surface area contributed by atoms with Gasteiger partial charge in [-0.15, -0.1) is 0 Å². The summed E-state index contributed by atoms with van der Waals surface area (Å²) >= 11 is 7.81. The summed E-state index contributed by atoms with van der Waals surface area (Å²) in [5.41, 5.74) is 4.50. The average Bonchev–Trinajstić information content (AvgIpc) is 2.80. The van der Waals surface area contributed by atoms with Gasteiger partial charge in [0.25, 0.3) is 0 Å².